The van der Waals surface area contributed by atoms with Crippen molar-refractivity contribution in [3.8, 4) is 0 Å². The first-order valence-corrected chi connectivity index (χ1v) is 11.2. The highest BCUT2D eigenvalue weighted by Gasteiger charge is 2.33. The van der Waals surface area contributed by atoms with Gasteiger partial charge in [-0.15, -0.1) is 0 Å². The number of carbonyl (C=O) groups is 3. The largest absolute Gasteiger partial charge is 0.481 e. The van der Waals surface area contributed by atoms with Crippen LogP contribution < -0.4 is 0 Å². The van der Waals surface area contributed by atoms with Gasteiger partial charge in [0.2, 0.25) is 0 Å². The molecule has 29 heavy (non-hydrogen) atoms. The molecule has 0 aromatic carbocycles. The van der Waals surface area contributed by atoms with E-state index in [4.69, 9.17) is 25.0 Å². The SMILES string of the molecule is CCCCCCCCCCCC(=O)O.CCO.O=C(O)CC(C(=O)O)S(=O)(=O)O. The fourth-order valence-electron chi connectivity index (χ4n) is 2.07. The highest BCUT2D eigenvalue weighted by molar-refractivity contribution is 7.87. The molecule has 0 aliphatic rings. The molecule has 0 amide bonds. The molecule has 0 bridgehead atoms. The summed E-state index contributed by atoms with van der Waals surface area (Å²) >= 11 is 0. The molecule has 174 valence electrons. The van der Waals surface area contributed by atoms with Gasteiger partial charge in [0.15, 0.2) is 5.25 Å². The third-order valence-electron chi connectivity index (χ3n) is 3.49. The molecule has 0 aliphatic carbocycles. The molecule has 1 atom stereocenters. The number of aliphatic hydroxyl groups excluding tert-OH is 1. The maximum Gasteiger partial charge on any atom is 0.325 e. The number of unbranched alkanes of at least 4 members (excludes halogenated alkanes) is 8. The standard InChI is InChI=1S/C12H24O2.C4H6O7S.C2H6O/c1-2-3-4-5-6-7-8-9-10-11-12(13)14;5-3(6)1-2(4(7)8)12(9,10)11;1-2-3/h2-11H2,1H3,(H,13,14);2H,1H2,(H,5,6)(H,7,8)(H,9,10,11);3H,2H2,1H3. The van der Waals surface area contributed by atoms with Crippen molar-refractivity contribution in [3.05, 3.63) is 0 Å². The zero-order chi connectivity index (χ0) is 23.3. The minimum atomic E-state index is -4.84. The van der Waals surface area contributed by atoms with Crippen LogP contribution in [0, 0.1) is 0 Å². The summed E-state index contributed by atoms with van der Waals surface area (Å²) in [6.45, 7) is 4.16. The van der Waals surface area contributed by atoms with E-state index in [-0.39, 0.29) is 6.61 Å². The van der Waals surface area contributed by atoms with Crippen molar-refractivity contribution in [1.29, 1.82) is 0 Å². The highest BCUT2D eigenvalue weighted by Crippen LogP contribution is 2.10. The van der Waals surface area contributed by atoms with Gasteiger partial charge in [0.05, 0.1) is 6.42 Å². The van der Waals surface area contributed by atoms with Crippen LogP contribution in [0.15, 0.2) is 0 Å². The van der Waals surface area contributed by atoms with Crippen molar-refractivity contribution in [2.45, 2.75) is 89.7 Å². The molecule has 11 heteroatoms. The third-order valence-corrected chi connectivity index (χ3v) is 4.58. The van der Waals surface area contributed by atoms with E-state index in [2.05, 4.69) is 6.92 Å². The van der Waals surface area contributed by atoms with Crippen molar-refractivity contribution in [1.82, 2.24) is 0 Å². The quantitative estimate of drug-likeness (QED) is 0.197. The topological polar surface area (TPSA) is 186 Å². The Balaban J connectivity index is -0.000000414. The van der Waals surface area contributed by atoms with Crippen LogP contribution in [0.1, 0.15) is 84.5 Å². The molecular weight excluding hydrogens is 408 g/mol. The van der Waals surface area contributed by atoms with Gasteiger partial charge in [0, 0.05) is 13.0 Å². The first kappa shape index (κ1) is 32.0. The highest BCUT2D eigenvalue weighted by atomic mass is 32.2. The van der Waals surface area contributed by atoms with Crippen molar-refractivity contribution in [3.63, 3.8) is 0 Å². The normalized spacial score (nSPS) is 11.3. The number of rotatable bonds is 14. The predicted molar refractivity (Wildman–Crippen MR) is 107 cm³/mol. The lowest BCUT2D eigenvalue weighted by Crippen LogP contribution is -2.31. The van der Waals surface area contributed by atoms with E-state index in [9.17, 15) is 22.8 Å². The Hall–Kier alpha value is -1.72. The molecule has 0 aliphatic heterocycles. The van der Waals surface area contributed by atoms with E-state index in [1.54, 1.807) is 6.92 Å². The van der Waals surface area contributed by atoms with Crippen LogP contribution in [0.2, 0.25) is 0 Å². The van der Waals surface area contributed by atoms with Gasteiger partial charge < -0.3 is 20.4 Å². The zero-order valence-corrected chi connectivity index (χ0v) is 18.1. The second kappa shape index (κ2) is 21.0. The van der Waals surface area contributed by atoms with Gasteiger partial charge in [0.25, 0.3) is 10.1 Å². The average Bonchev–Trinajstić information content (AvgIpc) is 2.58. The van der Waals surface area contributed by atoms with Crippen LogP contribution in [-0.4, -0.2) is 63.2 Å². The van der Waals surface area contributed by atoms with E-state index in [0.717, 1.165) is 12.8 Å². The maximum atomic E-state index is 10.2. The molecule has 0 aromatic heterocycles. The van der Waals surface area contributed by atoms with Gasteiger partial charge in [-0.2, -0.15) is 8.42 Å². The average molecular weight is 445 g/mol. The maximum absolute atomic E-state index is 10.2. The lowest BCUT2D eigenvalue weighted by atomic mass is 10.1. The van der Waals surface area contributed by atoms with Crippen LogP contribution in [0.5, 0.6) is 0 Å². The minimum absolute atomic E-state index is 0.250. The second-order valence-corrected chi connectivity index (χ2v) is 7.83. The Kier molecular flexibility index (Phi) is 23.1. The third kappa shape index (κ3) is 28.6. The Morgan fingerprint density at radius 1 is 0.759 bits per heavy atom. The van der Waals surface area contributed by atoms with Gasteiger partial charge in [-0.05, 0) is 13.3 Å². The molecule has 0 spiro atoms. The Labute approximate surface area is 172 Å². The summed E-state index contributed by atoms with van der Waals surface area (Å²) in [5.41, 5.74) is 0. The van der Waals surface area contributed by atoms with Crippen molar-refractivity contribution < 1.29 is 47.8 Å². The summed E-state index contributed by atoms with van der Waals surface area (Å²) in [5.74, 6) is -4.16. The van der Waals surface area contributed by atoms with Gasteiger partial charge in [-0.1, -0.05) is 58.3 Å². The Morgan fingerprint density at radius 3 is 1.38 bits per heavy atom. The number of carboxylic acids is 3. The molecule has 0 radical (unpaired) electrons. The summed E-state index contributed by atoms with van der Waals surface area (Å²) in [6, 6.07) is 0. The molecular formula is C18H36O10S. The molecule has 0 fully saturated rings. The van der Waals surface area contributed by atoms with Gasteiger partial charge in [-0.3, -0.25) is 18.9 Å². The molecule has 5 N–H and O–H groups in total. The van der Waals surface area contributed by atoms with Gasteiger partial charge >= 0.3 is 17.9 Å². The van der Waals surface area contributed by atoms with E-state index in [1.165, 1.54) is 44.9 Å². The van der Waals surface area contributed by atoms with Gasteiger partial charge in [0.1, 0.15) is 0 Å². The van der Waals surface area contributed by atoms with Gasteiger partial charge in [-0.25, -0.2) is 0 Å². The lowest BCUT2D eigenvalue weighted by Gasteiger charge is -2.04. The number of aliphatic carboxylic acids is 3. The van der Waals surface area contributed by atoms with Crippen molar-refractivity contribution in [2.75, 3.05) is 6.61 Å². The molecule has 0 rings (SSSR count). The fraction of sp³-hybridized carbons (Fsp3) is 0.833. The van der Waals surface area contributed by atoms with Crippen molar-refractivity contribution in [2.24, 2.45) is 0 Å². The number of aliphatic hydroxyl groups is 1. The van der Waals surface area contributed by atoms with E-state index in [0.29, 0.717) is 6.42 Å². The molecule has 0 heterocycles. The Morgan fingerprint density at radius 2 is 1.14 bits per heavy atom. The van der Waals surface area contributed by atoms with Crippen molar-refractivity contribution >= 4 is 28.0 Å². The first-order chi connectivity index (χ1) is 13.4. The Bertz CT molecular complexity index is 531. The fourth-order valence-corrected chi connectivity index (χ4v) is 2.67. The minimum Gasteiger partial charge on any atom is -0.481 e. The molecule has 1 unspecified atom stereocenters. The molecule has 10 nitrogen and oxygen atoms in total. The van der Waals surface area contributed by atoms with E-state index < -0.39 is 39.7 Å². The number of hydrogen-bond acceptors (Lipinski definition) is 6. The smallest absolute Gasteiger partial charge is 0.325 e. The van der Waals surface area contributed by atoms with Crippen LogP contribution in [0.25, 0.3) is 0 Å². The lowest BCUT2D eigenvalue weighted by molar-refractivity contribution is -0.143. The van der Waals surface area contributed by atoms with E-state index >= 15 is 0 Å². The first-order valence-electron chi connectivity index (χ1n) is 9.67. The summed E-state index contributed by atoms with van der Waals surface area (Å²) in [4.78, 5) is 30.2. The van der Waals surface area contributed by atoms with Crippen LogP contribution in [-0.2, 0) is 24.5 Å². The second-order valence-electron chi connectivity index (χ2n) is 6.23. The number of carboxylic acid groups (broad SMARTS) is 3. The van der Waals surface area contributed by atoms with Crippen LogP contribution in [0.3, 0.4) is 0 Å². The van der Waals surface area contributed by atoms with E-state index in [1.807, 2.05) is 0 Å². The monoisotopic (exact) mass is 444 g/mol. The summed E-state index contributed by atoms with van der Waals surface area (Å²) in [5, 5.41) is 29.9. The van der Waals surface area contributed by atoms with Crippen LogP contribution in [0.4, 0.5) is 0 Å². The van der Waals surface area contributed by atoms with Crippen LogP contribution >= 0.6 is 0 Å². The summed E-state index contributed by atoms with van der Waals surface area (Å²) in [6.07, 6.45) is 10.3. The zero-order valence-electron chi connectivity index (χ0n) is 17.2. The molecule has 0 aromatic rings. The molecule has 0 saturated carbocycles. The molecule has 0 saturated heterocycles. The number of hydrogen-bond donors (Lipinski definition) is 5. The predicted octanol–water partition coefficient (Wildman–Crippen LogP) is 2.79. The summed E-state index contributed by atoms with van der Waals surface area (Å²) < 4.78 is 28.7. The summed E-state index contributed by atoms with van der Waals surface area (Å²) in [7, 11) is -4.84.